The van der Waals surface area contributed by atoms with Gasteiger partial charge in [-0.05, 0) is 71.5 Å². The Morgan fingerprint density at radius 1 is 0.826 bits per heavy atom. The Hall–Kier alpha value is -0.160. The summed E-state index contributed by atoms with van der Waals surface area (Å²) in [6, 6.07) is 1.39. The first kappa shape index (κ1) is 17.7. The first-order valence-corrected chi connectivity index (χ1v) is 9.76. The molecule has 1 saturated carbocycles. The summed E-state index contributed by atoms with van der Waals surface area (Å²) in [7, 11) is 4.11. The Labute approximate surface area is 143 Å². The van der Waals surface area contributed by atoms with Gasteiger partial charge in [-0.25, -0.2) is 0 Å². The second-order valence-corrected chi connectivity index (χ2v) is 8.41. The molecule has 2 saturated heterocycles. The van der Waals surface area contributed by atoms with Gasteiger partial charge in [0.05, 0.1) is 6.10 Å². The van der Waals surface area contributed by atoms with Gasteiger partial charge in [0.2, 0.25) is 0 Å². The van der Waals surface area contributed by atoms with Crippen LogP contribution in [0, 0.1) is 11.8 Å². The molecule has 0 N–H and O–H groups in total. The number of methoxy groups -OCH3 is 1. The van der Waals surface area contributed by atoms with Crippen LogP contribution in [-0.4, -0.2) is 86.3 Å². The highest BCUT2D eigenvalue weighted by atomic mass is 16.5. The lowest BCUT2D eigenvalue weighted by molar-refractivity contribution is -0.0365. The van der Waals surface area contributed by atoms with Crippen molar-refractivity contribution in [3.8, 4) is 0 Å². The van der Waals surface area contributed by atoms with Crippen LogP contribution in [0.5, 0.6) is 0 Å². The maximum atomic E-state index is 5.43. The first-order chi connectivity index (χ1) is 11.1. The number of hydrogen-bond acceptors (Lipinski definition) is 4. The molecule has 0 radical (unpaired) electrons. The number of likely N-dealkylation sites (tertiary alicyclic amines) is 1. The van der Waals surface area contributed by atoms with Crippen molar-refractivity contribution in [3.05, 3.63) is 0 Å². The van der Waals surface area contributed by atoms with E-state index < -0.39 is 0 Å². The van der Waals surface area contributed by atoms with E-state index in [4.69, 9.17) is 4.74 Å². The molecule has 2 atom stereocenters. The normalized spacial score (nSPS) is 38.6. The largest absolute Gasteiger partial charge is 0.381 e. The Morgan fingerprint density at radius 2 is 1.35 bits per heavy atom. The highest BCUT2D eigenvalue weighted by molar-refractivity contribution is 4.91. The summed E-state index contributed by atoms with van der Waals surface area (Å²) >= 11 is 0. The van der Waals surface area contributed by atoms with Crippen molar-refractivity contribution < 1.29 is 4.74 Å². The smallest absolute Gasteiger partial charge is 0.0577 e. The van der Waals surface area contributed by atoms with Gasteiger partial charge in [0.25, 0.3) is 0 Å². The van der Waals surface area contributed by atoms with Crippen molar-refractivity contribution in [2.75, 3.05) is 53.4 Å². The molecule has 23 heavy (non-hydrogen) atoms. The Kier molecular flexibility index (Phi) is 6.00. The van der Waals surface area contributed by atoms with E-state index in [1.165, 1.54) is 65.0 Å². The molecule has 0 aromatic heterocycles. The molecular weight excluding hydrogens is 286 g/mol. The molecule has 0 spiro atoms. The van der Waals surface area contributed by atoms with Crippen LogP contribution in [0.3, 0.4) is 0 Å². The topological polar surface area (TPSA) is 19.0 Å². The number of hydrogen-bond donors (Lipinski definition) is 0. The van der Waals surface area contributed by atoms with Gasteiger partial charge >= 0.3 is 0 Å². The third-order valence-electron chi connectivity index (χ3n) is 6.87. The van der Waals surface area contributed by atoms with Gasteiger partial charge in [0.15, 0.2) is 0 Å². The van der Waals surface area contributed by atoms with E-state index >= 15 is 0 Å². The van der Waals surface area contributed by atoms with Gasteiger partial charge in [-0.3, -0.25) is 9.80 Å². The van der Waals surface area contributed by atoms with Gasteiger partial charge < -0.3 is 9.64 Å². The summed E-state index contributed by atoms with van der Waals surface area (Å²) in [6.45, 7) is 12.6. The fraction of sp³-hybridized carbons (Fsp3) is 1.00. The molecule has 2 heterocycles. The van der Waals surface area contributed by atoms with Crippen molar-refractivity contribution in [1.29, 1.82) is 0 Å². The summed E-state index contributed by atoms with van der Waals surface area (Å²) in [4.78, 5) is 7.99. The lowest BCUT2D eigenvalue weighted by atomic mass is 9.81. The summed E-state index contributed by atoms with van der Waals surface area (Å²) in [6.07, 6.45) is 5.86. The predicted octanol–water partition coefficient (Wildman–Crippen LogP) is 2.15. The van der Waals surface area contributed by atoms with Crippen molar-refractivity contribution >= 4 is 0 Å². The van der Waals surface area contributed by atoms with Crippen LogP contribution in [0.4, 0.5) is 0 Å². The average Bonchev–Trinajstić information content (AvgIpc) is 2.51. The van der Waals surface area contributed by atoms with Crippen molar-refractivity contribution in [3.63, 3.8) is 0 Å². The van der Waals surface area contributed by atoms with Crippen LogP contribution in [0.15, 0.2) is 0 Å². The van der Waals surface area contributed by atoms with Gasteiger partial charge in [-0.2, -0.15) is 0 Å². The van der Waals surface area contributed by atoms with Crippen LogP contribution >= 0.6 is 0 Å². The zero-order chi connectivity index (χ0) is 16.4. The van der Waals surface area contributed by atoms with E-state index in [-0.39, 0.29) is 0 Å². The number of ether oxygens (including phenoxy) is 1. The number of rotatable bonds is 5. The van der Waals surface area contributed by atoms with Crippen LogP contribution in [0.2, 0.25) is 0 Å². The molecule has 3 aliphatic rings. The number of piperazine rings is 1. The van der Waals surface area contributed by atoms with Crippen LogP contribution in [-0.2, 0) is 4.74 Å². The summed E-state index contributed by atoms with van der Waals surface area (Å²) < 4.78 is 5.43. The second kappa shape index (κ2) is 7.81. The highest BCUT2D eigenvalue weighted by Crippen LogP contribution is 2.32. The molecule has 1 aliphatic carbocycles. The highest BCUT2D eigenvalue weighted by Gasteiger charge is 2.36. The van der Waals surface area contributed by atoms with E-state index in [2.05, 4.69) is 35.6 Å². The average molecular weight is 324 g/mol. The van der Waals surface area contributed by atoms with E-state index in [0.29, 0.717) is 18.2 Å². The van der Waals surface area contributed by atoms with E-state index in [9.17, 15) is 0 Å². The minimum atomic E-state index is 0.540. The van der Waals surface area contributed by atoms with Crippen LogP contribution in [0.25, 0.3) is 0 Å². The van der Waals surface area contributed by atoms with E-state index in [1.54, 1.807) is 0 Å². The molecule has 134 valence electrons. The molecule has 0 bridgehead atoms. The molecule has 3 fully saturated rings. The molecule has 2 unspecified atom stereocenters. The fourth-order valence-corrected chi connectivity index (χ4v) is 4.71. The van der Waals surface area contributed by atoms with E-state index in [1.807, 2.05) is 7.11 Å². The number of nitrogens with zero attached hydrogens (tertiary/aromatic N) is 3. The molecule has 4 heteroatoms. The van der Waals surface area contributed by atoms with Crippen molar-refractivity contribution in [1.82, 2.24) is 14.7 Å². The van der Waals surface area contributed by atoms with Gasteiger partial charge in [0.1, 0.15) is 0 Å². The van der Waals surface area contributed by atoms with Crippen molar-refractivity contribution in [2.45, 2.75) is 57.7 Å². The standard InChI is InChI=1S/C19H37N3O/c1-15-16(2)22(14-18-11-19(12-18)23-4)10-9-21(15)13-17-5-7-20(3)8-6-17/h15-19H,5-14H2,1-4H3/t15?,16?,18-,19-. The fourth-order valence-electron chi connectivity index (χ4n) is 4.71. The Balaban J connectivity index is 1.43. The second-order valence-electron chi connectivity index (χ2n) is 8.41. The Morgan fingerprint density at radius 3 is 1.87 bits per heavy atom. The Bertz CT molecular complexity index is 364. The minimum Gasteiger partial charge on any atom is -0.381 e. The maximum Gasteiger partial charge on any atom is 0.0577 e. The van der Waals surface area contributed by atoms with Crippen LogP contribution in [0.1, 0.15) is 39.5 Å². The van der Waals surface area contributed by atoms with Gasteiger partial charge in [-0.1, -0.05) is 0 Å². The molecular formula is C19H37N3O. The molecule has 3 rings (SSSR count). The summed E-state index contributed by atoms with van der Waals surface area (Å²) in [5.41, 5.74) is 0. The lowest BCUT2D eigenvalue weighted by Crippen LogP contribution is -2.59. The van der Waals surface area contributed by atoms with Crippen LogP contribution < -0.4 is 0 Å². The first-order valence-electron chi connectivity index (χ1n) is 9.76. The quantitative estimate of drug-likeness (QED) is 0.771. The third kappa shape index (κ3) is 4.28. The third-order valence-corrected chi connectivity index (χ3v) is 6.87. The van der Waals surface area contributed by atoms with Crippen molar-refractivity contribution in [2.24, 2.45) is 11.8 Å². The molecule has 4 nitrogen and oxygen atoms in total. The lowest BCUT2D eigenvalue weighted by Gasteiger charge is -2.49. The predicted molar refractivity (Wildman–Crippen MR) is 95.8 cm³/mol. The zero-order valence-corrected chi connectivity index (χ0v) is 15.7. The molecule has 0 amide bonds. The minimum absolute atomic E-state index is 0.540. The summed E-state index contributed by atoms with van der Waals surface area (Å²) in [5.74, 6) is 1.79. The molecule has 2 aliphatic heterocycles. The monoisotopic (exact) mass is 323 g/mol. The zero-order valence-electron chi connectivity index (χ0n) is 15.7. The molecule has 0 aromatic rings. The van der Waals surface area contributed by atoms with Gasteiger partial charge in [0, 0.05) is 45.4 Å². The van der Waals surface area contributed by atoms with E-state index in [0.717, 1.165) is 11.8 Å². The number of piperidine rings is 1. The van der Waals surface area contributed by atoms with Gasteiger partial charge in [-0.15, -0.1) is 0 Å². The molecule has 0 aromatic carbocycles. The maximum absolute atomic E-state index is 5.43. The summed E-state index contributed by atoms with van der Waals surface area (Å²) in [5, 5.41) is 0. The SMILES string of the molecule is CO[C@H]1C[C@H](CN2CCN(CC3CCN(C)CC3)C(C)C2C)C1.